The van der Waals surface area contributed by atoms with Gasteiger partial charge in [-0.25, -0.2) is 13.2 Å². The van der Waals surface area contributed by atoms with Crippen molar-refractivity contribution in [3.05, 3.63) is 60.2 Å². The molecule has 1 N–H and O–H groups in total. The highest BCUT2D eigenvalue weighted by Crippen LogP contribution is 2.23. The first-order valence-electron chi connectivity index (χ1n) is 11.1. The average molecular weight is 487 g/mol. The van der Waals surface area contributed by atoms with Crippen molar-refractivity contribution in [3.63, 3.8) is 0 Å². The zero-order chi connectivity index (χ0) is 24.7. The van der Waals surface area contributed by atoms with E-state index < -0.39 is 16.0 Å². The molecule has 2 aromatic rings. The third-order valence-electron chi connectivity index (χ3n) is 5.76. The first-order chi connectivity index (χ1) is 16.2. The molecule has 0 aliphatic carbocycles. The van der Waals surface area contributed by atoms with Gasteiger partial charge in [0.05, 0.1) is 12.0 Å². The minimum Gasteiger partial charge on any atom is -0.497 e. The van der Waals surface area contributed by atoms with Crippen LogP contribution in [0.25, 0.3) is 6.08 Å². The molecule has 1 heterocycles. The first-order valence-corrected chi connectivity index (χ1v) is 12.6. The van der Waals surface area contributed by atoms with Crippen LogP contribution in [0.5, 0.6) is 5.75 Å². The Labute approximate surface area is 200 Å². The molecule has 8 nitrogen and oxygen atoms in total. The van der Waals surface area contributed by atoms with E-state index in [2.05, 4.69) is 4.72 Å². The predicted molar refractivity (Wildman–Crippen MR) is 130 cm³/mol. The van der Waals surface area contributed by atoms with Crippen LogP contribution in [0.3, 0.4) is 0 Å². The summed E-state index contributed by atoms with van der Waals surface area (Å²) in [6, 6.07) is 12.9. The predicted octanol–water partition coefficient (Wildman–Crippen LogP) is 3.84. The Balaban J connectivity index is 1.54. The van der Waals surface area contributed by atoms with Gasteiger partial charge in [-0.3, -0.25) is 9.52 Å². The van der Waals surface area contributed by atoms with Crippen LogP contribution in [-0.2, 0) is 24.3 Å². The summed E-state index contributed by atoms with van der Waals surface area (Å²) in [7, 11) is -2.24. The molecule has 1 aliphatic heterocycles. The topological polar surface area (TPSA) is 102 Å². The molecular formula is C25H30N2O6S. The first kappa shape index (κ1) is 25.3. The molecule has 0 spiro atoms. The summed E-state index contributed by atoms with van der Waals surface area (Å²) in [5.41, 5.74) is 1.03. The molecule has 1 aliphatic rings. The lowest BCUT2D eigenvalue weighted by atomic mass is 9.97. The van der Waals surface area contributed by atoms with Crippen LogP contribution in [-0.4, -0.2) is 51.0 Å². The molecule has 182 valence electrons. The highest BCUT2D eigenvalue weighted by atomic mass is 32.2. The molecule has 0 bridgehead atoms. The average Bonchev–Trinajstić information content (AvgIpc) is 2.82. The molecule has 2 unspecified atom stereocenters. The number of rotatable bonds is 8. The fourth-order valence-corrected chi connectivity index (χ4v) is 5.02. The molecular weight excluding hydrogens is 456 g/mol. The van der Waals surface area contributed by atoms with Gasteiger partial charge in [-0.15, -0.1) is 0 Å². The van der Waals surface area contributed by atoms with E-state index in [9.17, 15) is 18.0 Å². The number of carbonyl (C=O) groups is 2. The molecule has 0 radical (unpaired) electrons. The largest absolute Gasteiger partial charge is 0.497 e. The number of ether oxygens (including phenoxy) is 2. The highest BCUT2D eigenvalue weighted by molar-refractivity contribution is 7.92. The number of methoxy groups -OCH3 is 1. The van der Waals surface area contributed by atoms with Crippen molar-refractivity contribution >= 4 is 33.7 Å². The fraction of sp³-hybridized carbons (Fsp3) is 0.360. The molecule has 2 aromatic carbocycles. The molecule has 1 saturated heterocycles. The van der Waals surface area contributed by atoms with Crippen LogP contribution < -0.4 is 9.46 Å². The number of esters is 1. The minimum atomic E-state index is -3.77. The van der Waals surface area contributed by atoms with Crippen LogP contribution in [0.15, 0.2) is 59.5 Å². The SMILES string of the molecule is COc1ccc(NS(=O)(=O)c2ccc(C=CC(=O)OCC(=O)N3C(C)CCCC3C)cc2)cc1. The third-order valence-corrected chi connectivity index (χ3v) is 7.16. The maximum absolute atomic E-state index is 12.6. The van der Waals surface area contributed by atoms with Gasteiger partial charge in [0.25, 0.3) is 15.9 Å². The lowest BCUT2D eigenvalue weighted by molar-refractivity contribution is -0.151. The van der Waals surface area contributed by atoms with Gasteiger partial charge in [-0.1, -0.05) is 12.1 Å². The number of nitrogens with zero attached hydrogens (tertiary/aromatic N) is 1. The van der Waals surface area contributed by atoms with E-state index in [-0.39, 0.29) is 29.5 Å². The van der Waals surface area contributed by atoms with E-state index in [1.54, 1.807) is 41.3 Å². The molecule has 34 heavy (non-hydrogen) atoms. The Morgan fingerprint density at radius 2 is 1.65 bits per heavy atom. The number of likely N-dealkylation sites (tertiary alicyclic amines) is 1. The molecule has 9 heteroatoms. The number of carbonyl (C=O) groups excluding carboxylic acids is 2. The van der Waals surface area contributed by atoms with Gasteiger partial charge in [0.1, 0.15) is 5.75 Å². The monoisotopic (exact) mass is 486 g/mol. The summed E-state index contributed by atoms with van der Waals surface area (Å²) in [6.07, 6.45) is 5.71. The number of sulfonamides is 1. The van der Waals surface area contributed by atoms with Crippen molar-refractivity contribution in [2.75, 3.05) is 18.4 Å². The van der Waals surface area contributed by atoms with Gasteiger partial charge in [0.15, 0.2) is 6.61 Å². The number of benzene rings is 2. The summed E-state index contributed by atoms with van der Waals surface area (Å²) in [5.74, 6) is -0.207. The number of nitrogens with one attached hydrogen (secondary N) is 1. The van der Waals surface area contributed by atoms with E-state index in [0.29, 0.717) is 17.0 Å². The van der Waals surface area contributed by atoms with E-state index in [0.717, 1.165) is 19.3 Å². The Bertz CT molecular complexity index is 1120. The Kier molecular flexibility index (Phi) is 8.33. The number of anilines is 1. The maximum atomic E-state index is 12.6. The van der Waals surface area contributed by atoms with Crippen molar-refractivity contribution < 1.29 is 27.5 Å². The van der Waals surface area contributed by atoms with Gasteiger partial charge in [-0.2, -0.15) is 0 Å². The number of amides is 1. The summed E-state index contributed by atoms with van der Waals surface area (Å²) in [6.45, 7) is 3.71. The molecule has 1 fully saturated rings. The van der Waals surface area contributed by atoms with Crippen LogP contribution in [0.4, 0.5) is 5.69 Å². The minimum absolute atomic E-state index is 0.0819. The van der Waals surface area contributed by atoms with Crippen LogP contribution in [0.2, 0.25) is 0 Å². The van der Waals surface area contributed by atoms with Gasteiger partial charge >= 0.3 is 5.97 Å². The second kappa shape index (κ2) is 11.2. The lowest BCUT2D eigenvalue weighted by Gasteiger charge is -2.38. The maximum Gasteiger partial charge on any atom is 0.331 e. The lowest BCUT2D eigenvalue weighted by Crippen LogP contribution is -2.49. The van der Waals surface area contributed by atoms with E-state index in [1.165, 1.54) is 31.4 Å². The summed E-state index contributed by atoms with van der Waals surface area (Å²) in [5, 5.41) is 0. The second-order valence-electron chi connectivity index (χ2n) is 8.27. The smallest absolute Gasteiger partial charge is 0.331 e. The fourth-order valence-electron chi connectivity index (χ4n) is 3.96. The van der Waals surface area contributed by atoms with Crippen LogP contribution in [0.1, 0.15) is 38.7 Å². The Morgan fingerprint density at radius 1 is 1.03 bits per heavy atom. The second-order valence-corrected chi connectivity index (χ2v) is 9.96. The quantitative estimate of drug-likeness (QED) is 0.449. The summed E-state index contributed by atoms with van der Waals surface area (Å²) >= 11 is 0. The molecule has 1 amide bonds. The van der Waals surface area contributed by atoms with Crippen molar-refractivity contribution in [2.24, 2.45) is 0 Å². The normalized spacial score (nSPS) is 18.5. The molecule has 2 atom stereocenters. The summed E-state index contributed by atoms with van der Waals surface area (Å²) in [4.78, 5) is 26.4. The molecule has 3 rings (SSSR count). The Hall–Kier alpha value is -3.33. The zero-order valence-electron chi connectivity index (χ0n) is 19.6. The number of hydrogen-bond acceptors (Lipinski definition) is 6. The van der Waals surface area contributed by atoms with Crippen LogP contribution in [0, 0.1) is 0 Å². The number of hydrogen-bond donors (Lipinski definition) is 1. The zero-order valence-corrected chi connectivity index (χ0v) is 20.4. The summed E-state index contributed by atoms with van der Waals surface area (Å²) < 4.78 is 37.9. The standard InChI is InChI=1S/C25H30N2O6S/c1-18-5-4-6-19(2)27(18)24(28)17-33-25(29)16-9-20-7-14-23(15-8-20)34(30,31)26-21-10-12-22(32-3)13-11-21/h7-16,18-19,26H,4-6,17H2,1-3H3. The van der Waals surface area contributed by atoms with Gasteiger partial charge in [0.2, 0.25) is 0 Å². The van der Waals surface area contributed by atoms with Gasteiger partial charge in [-0.05, 0) is 81.1 Å². The van der Waals surface area contributed by atoms with Crippen molar-refractivity contribution in [2.45, 2.75) is 50.1 Å². The van der Waals surface area contributed by atoms with Gasteiger partial charge in [0, 0.05) is 23.8 Å². The van der Waals surface area contributed by atoms with Crippen molar-refractivity contribution in [3.8, 4) is 5.75 Å². The van der Waals surface area contributed by atoms with Crippen LogP contribution >= 0.6 is 0 Å². The highest BCUT2D eigenvalue weighted by Gasteiger charge is 2.29. The number of piperidine rings is 1. The van der Waals surface area contributed by atoms with E-state index in [4.69, 9.17) is 9.47 Å². The molecule has 0 saturated carbocycles. The molecule has 0 aromatic heterocycles. The van der Waals surface area contributed by atoms with Crippen molar-refractivity contribution in [1.29, 1.82) is 0 Å². The third kappa shape index (κ3) is 6.60. The Morgan fingerprint density at radius 3 is 2.24 bits per heavy atom. The van der Waals surface area contributed by atoms with Gasteiger partial charge < -0.3 is 14.4 Å². The van der Waals surface area contributed by atoms with Crippen molar-refractivity contribution in [1.82, 2.24) is 4.90 Å². The van der Waals surface area contributed by atoms with E-state index in [1.807, 2.05) is 13.8 Å². The van der Waals surface area contributed by atoms with E-state index >= 15 is 0 Å².